The second-order valence-corrected chi connectivity index (χ2v) is 9.54. The lowest BCUT2D eigenvalue weighted by Crippen LogP contribution is -2.45. The topological polar surface area (TPSA) is 71.6 Å². The Morgan fingerprint density at radius 2 is 1.93 bits per heavy atom. The summed E-state index contributed by atoms with van der Waals surface area (Å²) in [5, 5.41) is 11.1. The van der Waals surface area contributed by atoms with E-state index < -0.39 is 18.2 Å². The van der Waals surface area contributed by atoms with Gasteiger partial charge in [-0.2, -0.15) is 0 Å². The molecule has 29 heavy (non-hydrogen) atoms. The SMILES string of the molecule is CC(C)C1[C@@H](O)[C@@H]2O[C@@]2(C)CC[C@H]2O[C@]2(C)C[C@H]1OC(=O)/C=C/c1ccccc1. The Kier molecular flexibility index (Phi) is 5.34. The van der Waals surface area contributed by atoms with Crippen molar-refractivity contribution in [3.05, 3.63) is 42.0 Å². The van der Waals surface area contributed by atoms with Gasteiger partial charge in [-0.25, -0.2) is 4.79 Å². The van der Waals surface area contributed by atoms with Crippen molar-refractivity contribution >= 4 is 12.0 Å². The fourth-order valence-electron chi connectivity index (χ4n) is 4.96. The molecule has 0 radical (unpaired) electrons. The fourth-order valence-corrected chi connectivity index (χ4v) is 4.96. The molecule has 4 rings (SSSR count). The first-order valence-corrected chi connectivity index (χ1v) is 10.7. The van der Waals surface area contributed by atoms with Crippen LogP contribution in [0.15, 0.2) is 36.4 Å². The fraction of sp³-hybridized carbons (Fsp3) is 0.625. The molecule has 5 heteroatoms. The van der Waals surface area contributed by atoms with Crippen LogP contribution in [-0.4, -0.2) is 46.7 Å². The number of aliphatic hydroxyl groups is 1. The molecule has 3 aliphatic rings. The minimum Gasteiger partial charge on any atom is -0.459 e. The maximum Gasteiger partial charge on any atom is 0.331 e. The predicted molar refractivity (Wildman–Crippen MR) is 110 cm³/mol. The van der Waals surface area contributed by atoms with Crippen LogP contribution in [0.4, 0.5) is 0 Å². The molecule has 0 spiro atoms. The molecule has 5 nitrogen and oxygen atoms in total. The molecule has 1 aliphatic carbocycles. The first-order chi connectivity index (χ1) is 13.7. The largest absolute Gasteiger partial charge is 0.459 e. The van der Waals surface area contributed by atoms with Crippen LogP contribution in [-0.2, 0) is 19.0 Å². The van der Waals surface area contributed by atoms with Crippen molar-refractivity contribution in [3.63, 3.8) is 0 Å². The van der Waals surface area contributed by atoms with Gasteiger partial charge < -0.3 is 19.3 Å². The van der Waals surface area contributed by atoms with Gasteiger partial charge in [0.2, 0.25) is 0 Å². The lowest BCUT2D eigenvalue weighted by Gasteiger charge is -2.34. The van der Waals surface area contributed by atoms with Gasteiger partial charge in [-0.1, -0.05) is 44.2 Å². The lowest BCUT2D eigenvalue weighted by molar-refractivity contribution is -0.152. The van der Waals surface area contributed by atoms with Crippen molar-refractivity contribution in [2.45, 2.75) is 82.6 Å². The molecular formula is C24H32O5. The van der Waals surface area contributed by atoms with Crippen LogP contribution in [0, 0.1) is 11.8 Å². The van der Waals surface area contributed by atoms with Crippen LogP contribution < -0.4 is 0 Å². The number of rotatable bonds is 4. The summed E-state index contributed by atoms with van der Waals surface area (Å²) in [7, 11) is 0. The summed E-state index contributed by atoms with van der Waals surface area (Å²) in [5.74, 6) is -0.473. The minimum absolute atomic E-state index is 0.134. The monoisotopic (exact) mass is 400 g/mol. The van der Waals surface area contributed by atoms with Crippen molar-refractivity contribution in [2.75, 3.05) is 0 Å². The maximum absolute atomic E-state index is 12.6. The van der Waals surface area contributed by atoms with E-state index in [1.165, 1.54) is 6.08 Å². The number of esters is 1. The van der Waals surface area contributed by atoms with Crippen molar-refractivity contribution < 1.29 is 24.1 Å². The van der Waals surface area contributed by atoms with Gasteiger partial charge in [0.25, 0.3) is 0 Å². The zero-order chi connectivity index (χ0) is 20.8. The molecule has 1 saturated carbocycles. The van der Waals surface area contributed by atoms with Crippen LogP contribution in [0.2, 0.25) is 0 Å². The van der Waals surface area contributed by atoms with E-state index in [9.17, 15) is 9.90 Å². The highest BCUT2D eigenvalue weighted by Gasteiger charge is 2.63. The molecule has 2 saturated heterocycles. The number of carbonyl (C=O) groups is 1. The molecule has 1 aromatic rings. The average molecular weight is 401 g/mol. The zero-order valence-electron chi connectivity index (χ0n) is 17.7. The average Bonchev–Trinajstić information content (AvgIpc) is 3.53. The van der Waals surface area contributed by atoms with Crippen LogP contribution in [0.3, 0.4) is 0 Å². The number of epoxide rings is 2. The van der Waals surface area contributed by atoms with Gasteiger partial charge in [0.05, 0.1) is 23.4 Å². The second-order valence-electron chi connectivity index (χ2n) is 9.54. The summed E-state index contributed by atoms with van der Waals surface area (Å²) in [6.45, 7) is 8.27. The molecule has 2 aliphatic heterocycles. The Morgan fingerprint density at radius 1 is 1.21 bits per heavy atom. The van der Waals surface area contributed by atoms with E-state index in [1.54, 1.807) is 6.08 Å². The van der Waals surface area contributed by atoms with Crippen molar-refractivity contribution in [2.24, 2.45) is 11.8 Å². The summed E-state index contributed by atoms with van der Waals surface area (Å²) in [6.07, 6.45) is 4.43. The van der Waals surface area contributed by atoms with E-state index in [2.05, 4.69) is 27.7 Å². The van der Waals surface area contributed by atoms with Crippen molar-refractivity contribution in [3.8, 4) is 0 Å². The number of ether oxygens (including phenoxy) is 3. The summed E-state index contributed by atoms with van der Waals surface area (Å²) in [5.41, 5.74) is 0.327. The molecule has 7 atom stereocenters. The molecule has 0 amide bonds. The Labute approximate surface area is 173 Å². The number of aliphatic hydroxyl groups excluding tert-OH is 1. The predicted octanol–water partition coefficient (Wildman–Crippen LogP) is 3.74. The molecule has 2 heterocycles. The Hall–Kier alpha value is -1.69. The zero-order valence-corrected chi connectivity index (χ0v) is 17.7. The van der Waals surface area contributed by atoms with E-state index in [-0.39, 0.29) is 35.2 Å². The molecule has 1 unspecified atom stereocenters. The first kappa shape index (κ1) is 20.6. The summed E-state index contributed by atoms with van der Waals surface area (Å²) in [4.78, 5) is 12.6. The third-order valence-corrected chi connectivity index (χ3v) is 6.87. The number of fused-ring (bicyclic) bond motifs is 2. The van der Waals surface area contributed by atoms with E-state index in [0.29, 0.717) is 6.42 Å². The van der Waals surface area contributed by atoms with E-state index in [4.69, 9.17) is 14.2 Å². The van der Waals surface area contributed by atoms with Gasteiger partial charge in [0.15, 0.2) is 0 Å². The standard InChI is InChI=1S/C24H32O5/c1-15(2)20-17(27-19(25)11-10-16-8-6-5-7-9-16)14-24(4)18(28-24)12-13-23(3)22(29-23)21(20)26/h5-11,15,17-18,20-22,26H,12-14H2,1-4H3/b11-10+/t17-,18-,20?,21-,22+,23+,24-/m1/s1. The highest BCUT2D eigenvalue weighted by molar-refractivity contribution is 5.87. The second kappa shape index (κ2) is 7.53. The van der Waals surface area contributed by atoms with Crippen LogP contribution >= 0.6 is 0 Å². The Bertz CT molecular complexity index is 775. The number of hydrogen-bond donors (Lipinski definition) is 1. The van der Waals surface area contributed by atoms with Gasteiger partial charge in [-0.3, -0.25) is 0 Å². The molecule has 3 fully saturated rings. The third kappa shape index (κ3) is 4.27. The van der Waals surface area contributed by atoms with Crippen LogP contribution in [0.5, 0.6) is 0 Å². The van der Waals surface area contributed by atoms with Gasteiger partial charge in [0.1, 0.15) is 12.2 Å². The Balaban J connectivity index is 1.54. The Morgan fingerprint density at radius 3 is 2.62 bits per heavy atom. The molecule has 1 N–H and O–H groups in total. The number of hydrogen-bond acceptors (Lipinski definition) is 5. The van der Waals surface area contributed by atoms with Gasteiger partial charge in [0, 0.05) is 18.4 Å². The number of carbonyl (C=O) groups excluding carboxylic acids is 1. The van der Waals surface area contributed by atoms with Gasteiger partial charge in [-0.15, -0.1) is 0 Å². The van der Waals surface area contributed by atoms with Crippen LogP contribution in [0.1, 0.15) is 52.5 Å². The normalized spacial score (nSPS) is 41.5. The van der Waals surface area contributed by atoms with E-state index in [1.807, 2.05) is 30.3 Å². The minimum atomic E-state index is -0.671. The number of benzene rings is 1. The highest BCUT2D eigenvalue weighted by Crippen LogP contribution is 2.52. The summed E-state index contributed by atoms with van der Waals surface area (Å²) in [6, 6.07) is 9.65. The molecule has 0 aromatic heterocycles. The highest BCUT2D eigenvalue weighted by atomic mass is 16.6. The smallest absolute Gasteiger partial charge is 0.331 e. The van der Waals surface area contributed by atoms with Gasteiger partial charge in [-0.05, 0) is 44.2 Å². The lowest BCUT2D eigenvalue weighted by atomic mass is 9.76. The third-order valence-electron chi connectivity index (χ3n) is 6.87. The first-order valence-electron chi connectivity index (χ1n) is 10.7. The molecule has 1 aromatic carbocycles. The summed E-state index contributed by atoms with van der Waals surface area (Å²) < 4.78 is 17.9. The van der Waals surface area contributed by atoms with E-state index in [0.717, 1.165) is 18.4 Å². The molecular weight excluding hydrogens is 368 g/mol. The quantitative estimate of drug-likeness (QED) is 0.474. The van der Waals surface area contributed by atoms with Gasteiger partial charge >= 0.3 is 5.97 Å². The maximum atomic E-state index is 12.6. The summed E-state index contributed by atoms with van der Waals surface area (Å²) >= 11 is 0. The van der Waals surface area contributed by atoms with Crippen LogP contribution in [0.25, 0.3) is 6.08 Å². The van der Waals surface area contributed by atoms with Crippen molar-refractivity contribution in [1.82, 2.24) is 0 Å². The molecule has 0 bridgehead atoms. The van der Waals surface area contributed by atoms with E-state index >= 15 is 0 Å². The molecule has 158 valence electrons. The van der Waals surface area contributed by atoms with Crippen molar-refractivity contribution in [1.29, 1.82) is 0 Å².